The first kappa shape index (κ1) is 11.9. The maximum Gasteiger partial charge on any atom is 0.328 e. The largest absolute Gasteiger partial charge is 0.481 e. The molecule has 18 heavy (non-hydrogen) atoms. The number of anilines is 1. The van der Waals surface area contributed by atoms with Gasteiger partial charge in [0, 0.05) is 18.0 Å². The van der Waals surface area contributed by atoms with Gasteiger partial charge < -0.3 is 10.5 Å². The molecule has 0 aliphatic rings. The molecule has 0 unspecified atom stereocenters. The smallest absolute Gasteiger partial charge is 0.328 e. The molecule has 0 radical (unpaired) electrons. The SMILES string of the molecule is COc1ncccc1Cn1cc(N)c(=O)[nH]c1=O. The summed E-state index contributed by atoms with van der Waals surface area (Å²) in [6.45, 7) is 0.219. The minimum Gasteiger partial charge on any atom is -0.481 e. The molecule has 0 bridgehead atoms. The average Bonchev–Trinajstić information content (AvgIpc) is 2.36. The molecule has 3 N–H and O–H groups in total. The van der Waals surface area contributed by atoms with Crippen LogP contribution in [-0.4, -0.2) is 21.6 Å². The first-order chi connectivity index (χ1) is 8.61. The van der Waals surface area contributed by atoms with Crippen LogP contribution >= 0.6 is 0 Å². The number of nitrogens with two attached hydrogens (primary N) is 1. The third kappa shape index (κ3) is 2.24. The monoisotopic (exact) mass is 248 g/mol. The number of nitrogens with one attached hydrogen (secondary N) is 1. The Balaban J connectivity index is 2.43. The number of rotatable bonds is 3. The van der Waals surface area contributed by atoms with Gasteiger partial charge in [-0.2, -0.15) is 0 Å². The molecule has 0 aliphatic heterocycles. The second-order valence-electron chi connectivity index (χ2n) is 3.64. The molecule has 0 aliphatic carbocycles. The summed E-state index contributed by atoms with van der Waals surface area (Å²) in [5.74, 6) is 0.425. The lowest BCUT2D eigenvalue weighted by molar-refractivity contribution is 0.391. The van der Waals surface area contributed by atoms with Crippen molar-refractivity contribution in [3.63, 3.8) is 0 Å². The maximum atomic E-state index is 11.6. The fourth-order valence-corrected chi connectivity index (χ4v) is 1.56. The highest BCUT2D eigenvalue weighted by Gasteiger charge is 2.07. The Hall–Kier alpha value is -2.57. The number of hydrogen-bond donors (Lipinski definition) is 2. The van der Waals surface area contributed by atoms with E-state index >= 15 is 0 Å². The van der Waals surface area contributed by atoms with Gasteiger partial charge in [-0.05, 0) is 6.07 Å². The van der Waals surface area contributed by atoms with E-state index in [-0.39, 0.29) is 12.2 Å². The van der Waals surface area contributed by atoms with Crippen LogP contribution in [0.2, 0.25) is 0 Å². The van der Waals surface area contributed by atoms with Gasteiger partial charge in [0.1, 0.15) is 5.69 Å². The van der Waals surface area contributed by atoms with Crippen molar-refractivity contribution in [2.24, 2.45) is 0 Å². The van der Waals surface area contributed by atoms with Gasteiger partial charge in [0.05, 0.1) is 13.7 Å². The van der Waals surface area contributed by atoms with Crippen LogP contribution in [0.5, 0.6) is 5.88 Å². The molecule has 0 saturated heterocycles. The lowest BCUT2D eigenvalue weighted by Gasteiger charge is -2.08. The number of pyridine rings is 1. The van der Waals surface area contributed by atoms with Crippen LogP contribution in [0.25, 0.3) is 0 Å². The molecule has 0 aromatic carbocycles. The van der Waals surface area contributed by atoms with Crippen LogP contribution in [0, 0.1) is 0 Å². The lowest BCUT2D eigenvalue weighted by atomic mass is 10.2. The summed E-state index contributed by atoms with van der Waals surface area (Å²) < 4.78 is 6.37. The van der Waals surface area contributed by atoms with Gasteiger partial charge in [-0.3, -0.25) is 14.3 Å². The van der Waals surface area contributed by atoms with Gasteiger partial charge in [-0.25, -0.2) is 9.78 Å². The van der Waals surface area contributed by atoms with E-state index in [1.165, 1.54) is 17.9 Å². The van der Waals surface area contributed by atoms with Gasteiger partial charge in [0.25, 0.3) is 5.56 Å². The molecule has 2 aromatic rings. The first-order valence-corrected chi connectivity index (χ1v) is 5.19. The number of H-pyrrole nitrogens is 1. The fourth-order valence-electron chi connectivity index (χ4n) is 1.56. The number of aromatic nitrogens is 3. The van der Waals surface area contributed by atoms with E-state index in [9.17, 15) is 9.59 Å². The Bertz CT molecular complexity index is 674. The first-order valence-electron chi connectivity index (χ1n) is 5.19. The number of methoxy groups -OCH3 is 1. The van der Waals surface area contributed by atoms with Crippen molar-refractivity contribution in [1.82, 2.24) is 14.5 Å². The van der Waals surface area contributed by atoms with E-state index in [2.05, 4.69) is 9.97 Å². The molecule has 0 saturated carbocycles. The molecule has 7 nitrogen and oxygen atoms in total. The molecular weight excluding hydrogens is 236 g/mol. The van der Waals surface area contributed by atoms with Crippen LogP contribution in [0.1, 0.15) is 5.56 Å². The van der Waals surface area contributed by atoms with E-state index < -0.39 is 11.2 Å². The molecule has 0 atom stereocenters. The minimum atomic E-state index is -0.589. The highest BCUT2D eigenvalue weighted by Crippen LogP contribution is 2.14. The van der Waals surface area contributed by atoms with E-state index in [4.69, 9.17) is 10.5 Å². The van der Waals surface area contributed by atoms with Crippen molar-refractivity contribution < 1.29 is 4.74 Å². The van der Waals surface area contributed by atoms with Crippen molar-refractivity contribution in [3.05, 3.63) is 50.9 Å². The third-order valence-corrected chi connectivity index (χ3v) is 2.42. The average molecular weight is 248 g/mol. The summed E-state index contributed by atoms with van der Waals surface area (Å²) >= 11 is 0. The summed E-state index contributed by atoms with van der Waals surface area (Å²) in [4.78, 5) is 28.9. The zero-order valence-electron chi connectivity index (χ0n) is 9.71. The van der Waals surface area contributed by atoms with Gasteiger partial charge in [-0.15, -0.1) is 0 Å². The molecule has 2 rings (SSSR count). The Morgan fingerprint density at radius 3 is 3.00 bits per heavy atom. The normalized spacial score (nSPS) is 10.3. The van der Waals surface area contributed by atoms with Gasteiger partial charge in [-0.1, -0.05) is 6.07 Å². The summed E-state index contributed by atoms with van der Waals surface area (Å²) in [6, 6.07) is 3.51. The second-order valence-corrected chi connectivity index (χ2v) is 3.64. The molecule has 94 valence electrons. The molecule has 0 spiro atoms. The summed E-state index contributed by atoms with van der Waals surface area (Å²) in [6.07, 6.45) is 2.89. The standard InChI is InChI=1S/C11H12N4O3/c1-18-10-7(3-2-4-13-10)5-15-6-8(12)9(16)14-11(15)17/h2-4,6H,5,12H2,1H3,(H,14,16,17). The molecule has 2 heterocycles. The third-order valence-electron chi connectivity index (χ3n) is 2.42. The Labute approximate surface area is 102 Å². The zero-order valence-corrected chi connectivity index (χ0v) is 9.71. The van der Waals surface area contributed by atoms with E-state index in [1.807, 2.05) is 0 Å². The summed E-state index contributed by atoms with van der Waals surface area (Å²) in [7, 11) is 1.50. The highest BCUT2D eigenvalue weighted by atomic mass is 16.5. The quantitative estimate of drug-likeness (QED) is 0.767. The van der Waals surface area contributed by atoms with E-state index in [0.717, 1.165) is 0 Å². The molecule has 0 amide bonds. The van der Waals surface area contributed by atoms with Crippen molar-refractivity contribution in [3.8, 4) is 5.88 Å². The summed E-state index contributed by atoms with van der Waals surface area (Å²) in [5, 5.41) is 0. The highest BCUT2D eigenvalue weighted by molar-refractivity contribution is 5.31. The van der Waals surface area contributed by atoms with Crippen LogP contribution in [0.4, 0.5) is 5.69 Å². The molecular formula is C11H12N4O3. The van der Waals surface area contributed by atoms with Crippen LogP contribution in [0.3, 0.4) is 0 Å². The number of nitrogen functional groups attached to an aromatic ring is 1. The van der Waals surface area contributed by atoms with Crippen molar-refractivity contribution in [2.75, 3.05) is 12.8 Å². The zero-order chi connectivity index (χ0) is 13.1. The van der Waals surface area contributed by atoms with Crippen molar-refractivity contribution >= 4 is 5.69 Å². The van der Waals surface area contributed by atoms with Crippen LogP contribution < -0.4 is 21.7 Å². The van der Waals surface area contributed by atoms with Crippen molar-refractivity contribution in [2.45, 2.75) is 6.54 Å². The number of ether oxygens (including phenoxy) is 1. The van der Waals surface area contributed by atoms with Gasteiger partial charge in [0.15, 0.2) is 0 Å². The summed E-state index contributed by atoms with van der Waals surface area (Å²) in [5.41, 5.74) is 5.05. The van der Waals surface area contributed by atoms with Crippen LogP contribution in [-0.2, 0) is 6.54 Å². The van der Waals surface area contributed by atoms with Crippen LogP contribution in [0.15, 0.2) is 34.1 Å². The molecule has 2 aromatic heterocycles. The topological polar surface area (TPSA) is 103 Å². The van der Waals surface area contributed by atoms with E-state index in [0.29, 0.717) is 11.4 Å². The Kier molecular flexibility index (Phi) is 3.13. The number of hydrogen-bond acceptors (Lipinski definition) is 5. The Morgan fingerprint density at radius 2 is 2.28 bits per heavy atom. The minimum absolute atomic E-state index is 0.0162. The lowest BCUT2D eigenvalue weighted by Crippen LogP contribution is -2.31. The number of nitrogens with zero attached hydrogens (tertiary/aromatic N) is 2. The number of aromatic amines is 1. The second kappa shape index (κ2) is 4.74. The predicted molar refractivity (Wildman–Crippen MR) is 65.6 cm³/mol. The fraction of sp³-hybridized carbons (Fsp3) is 0.182. The Morgan fingerprint density at radius 1 is 1.50 bits per heavy atom. The van der Waals surface area contributed by atoms with Gasteiger partial charge >= 0.3 is 5.69 Å². The van der Waals surface area contributed by atoms with Gasteiger partial charge in [0.2, 0.25) is 5.88 Å². The maximum absolute atomic E-state index is 11.6. The molecule has 7 heteroatoms. The molecule has 0 fully saturated rings. The van der Waals surface area contributed by atoms with Crippen molar-refractivity contribution in [1.29, 1.82) is 0 Å². The van der Waals surface area contributed by atoms with E-state index in [1.54, 1.807) is 18.3 Å². The predicted octanol–water partition coefficient (Wildman–Crippen LogP) is -0.429.